The summed E-state index contributed by atoms with van der Waals surface area (Å²) < 4.78 is 31.3. The molecule has 2 fully saturated rings. The van der Waals surface area contributed by atoms with Gasteiger partial charge in [0.1, 0.15) is 0 Å². The second-order valence-corrected chi connectivity index (χ2v) is 8.43. The largest absolute Gasteiger partial charge is 0.376 e. The molecule has 138 valence electrons. The number of sulfonamides is 1. The average Bonchev–Trinajstić information content (AvgIpc) is 3.02. The Labute approximate surface area is 149 Å². The van der Waals surface area contributed by atoms with Gasteiger partial charge in [0.05, 0.1) is 29.8 Å². The number of nitrogens with zero attached hydrogens (tertiary/aromatic N) is 1. The standard InChI is InChI=1S/C16H18N4O5S/c1-26(23,24)20-13-11(10-6-7-25-14(10)13)17-16(22)12-8-4-2-3-5-9(8)15(21)19-18-12/h2-5,10-11,13-14,20H,6-7H2,1H3,(H,17,22)(H,19,21)/t10-,11+,13-,14-/m1/s1. The molecule has 3 N–H and O–H groups in total. The van der Waals surface area contributed by atoms with Gasteiger partial charge in [-0.3, -0.25) is 9.59 Å². The number of aromatic nitrogens is 2. The molecule has 0 radical (unpaired) electrons. The number of nitrogens with one attached hydrogen (secondary N) is 3. The lowest BCUT2D eigenvalue weighted by Gasteiger charge is -2.47. The van der Waals surface area contributed by atoms with E-state index in [4.69, 9.17) is 4.74 Å². The minimum atomic E-state index is -3.44. The fraction of sp³-hybridized carbons (Fsp3) is 0.438. The van der Waals surface area contributed by atoms with Gasteiger partial charge in [-0.1, -0.05) is 18.2 Å². The summed E-state index contributed by atoms with van der Waals surface area (Å²) in [6, 6.07) is 5.79. The average molecular weight is 378 g/mol. The van der Waals surface area contributed by atoms with E-state index < -0.39 is 28.0 Å². The third-order valence-electron chi connectivity index (χ3n) is 4.94. The van der Waals surface area contributed by atoms with Crippen LogP contribution in [-0.4, -0.2) is 55.6 Å². The van der Waals surface area contributed by atoms with Crippen LogP contribution in [0.2, 0.25) is 0 Å². The van der Waals surface area contributed by atoms with Gasteiger partial charge in [0.2, 0.25) is 10.0 Å². The van der Waals surface area contributed by atoms with Crippen LogP contribution in [0.15, 0.2) is 29.1 Å². The van der Waals surface area contributed by atoms with Crippen LogP contribution < -0.4 is 15.6 Å². The van der Waals surface area contributed by atoms with Crippen molar-refractivity contribution in [3.63, 3.8) is 0 Å². The summed E-state index contributed by atoms with van der Waals surface area (Å²) in [4.78, 5) is 24.6. The number of aromatic amines is 1. The van der Waals surface area contributed by atoms with Crippen molar-refractivity contribution in [3.05, 3.63) is 40.3 Å². The van der Waals surface area contributed by atoms with Gasteiger partial charge in [-0.25, -0.2) is 18.2 Å². The quantitative estimate of drug-likeness (QED) is 0.649. The van der Waals surface area contributed by atoms with Crippen LogP contribution in [-0.2, 0) is 14.8 Å². The Kier molecular flexibility index (Phi) is 4.05. The van der Waals surface area contributed by atoms with E-state index in [0.29, 0.717) is 17.4 Å². The van der Waals surface area contributed by atoms with Crippen LogP contribution in [0.5, 0.6) is 0 Å². The van der Waals surface area contributed by atoms with Crippen LogP contribution in [0, 0.1) is 5.92 Å². The van der Waals surface area contributed by atoms with E-state index in [1.165, 1.54) is 0 Å². The van der Waals surface area contributed by atoms with Crippen molar-refractivity contribution in [2.45, 2.75) is 24.6 Å². The van der Waals surface area contributed by atoms with E-state index in [1.54, 1.807) is 24.3 Å². The molecular weight excluding hydrogens is 360 g/mol. The van der Waals surface area contributed by atoms with Gasteiger partial charge in [-0.05, 0) is 12.5 Å². The Balaban J connectivity index is 1.62. The molecule has 10 heteroatoms. The Morgan fingerprint density at radius 1 is 1.27 bits per heavy atom. The molecule has 1 aromatic carbocycles. The maximum atomic E-state index is 12.8. The first kappa shape index (κ1) is 17.1. The molecule has 0 bridgehead atoms. The Hall–Kier alpha value is -2.30. The highest BCUT2D eigenvalue weighted by molar-refractivity contribution is 7.88. The molecule has 0 unspecified atom stereocenters. The zero-order valence-electron chi connectivity index (χ0n) is 13.9. The number of hydrogen-bond acceptors (Lipinski definition) is 6. The lowest BCUT2D eigenvalue weighted by Crippen LogP contribution is -2.70. The van der Waals surface area contributed by atoms with Crippen molar-refractivity contribution in [1.29, 1.82) is 0 Å². The highest BCUT2D eigenvalue weighted by atomic mass is 32.2. The van der Waals surface area contributed by atoms with E-state index in [0.717, 1.165) is 12.7 Å². The van der Waals surface area contributed by atoms with Crippen LogP contribution in [0.1, 0.15) is 16.9 Å². The molecule has 2 aromatic rings. The van der Waals surface area contributed by atoms with Gasteiger partial charge in [-0.15, -0.1) is 0 Å². The topological polar surface area (TPSA) is 130 Å². The highest BCUT2D eigenvalue weighted by Crippen LogP contribution is 2.39. The first-order valence-electron chi connectivity index (χ1n) is 8.22. The highest BCUT2D eigenvalue weighted by Gasteiger charge is 2.55. The number of carbonyl (C=O) groups excluding carboxylic acids is 1. The van der Waals surface area contributed by atoms with Crippen molar-refractivity contribution in [1.82, 2.24) is 20.2 Å². The van der Waals surface area contributed by atoms with Gasteiger partial charge in [-0.2, -0.15) is 5.10 Å². The predicted molar refractivity (Wildman–Crippen MR) is 93.2 cm³/mol. The lowest BCUT2D eigenvalue weighted by molar-refractivity contribution is -0.0194. The zero-order valence-corrected chi connectivity index (χ0v) is 14.7. The number of ether oxygens (including phenoxy) is 1. The minimum absolute atomic E-state index is 0.0484. The van der Waals surface area contributed by atoms with Crippen LogP contribution >= 0.6 is 0 Å². The number of rotatable bonds is 4. The Morgan fingerprint density at radius 2 is 2.00 bits per heavy atom. The van der Waals surface area contributed by atoms with E-state index >= 15 is 0 Å². The number of amides is 1. The van der Waals surface area contributed by atoms with Crippen LogP contribution in [0.4, 0.5) is 0 Å². The summed E-state index contributed by atoms with van der Waals surface area (Å²) in [5, 5.41) is 9.88. The van der Waals surface area contributed by atoms with Gasteiger partial charge in [0, 0.05) is 17.9 Å². The molecule has 9 nitrogen and oxygen atoms in total. The zero-order chi connectivity index (χ0) is 18.5. The Morgan fingerprint density at radius 3 is 2.73 bits per heavy atom. The van der Waals surface area contributed by atoms with E-state index in [9.17, 15) is 18.0 Å². The van der Waals surface area contributed by atoms with E-state index in [1.807, 2.05) is 0 Å². The molecule has 26 heavy (non-hydrogen) atoms. The maximum absolute atomic E-state index is 12.8. The molecule has 1 aliphatic carbocycles. The third kappa shape index (κ3) is 2.89. The first-order chi connectivity index (χ1) is 12.3. The number of carbonyl (C=O) groups is 1. The van der Waals surface area contributed by atoms with Gasteiger partial charge in [0.15, 0.2) is 5.69 Å². The molecule has 1 saturated heterocycles. The maximum Gasteiger partial charge on any atom is 0.272 e. The third-order valence-corrected chi connectivity index (χ3v) is 5.64. The predicted octanol–water partition coefficient (Wildman–Crippen LogP) is -0.642. The summed E-state index contributed by atoms with van der Waals surface area (Å²) in [6.45, 7) is 0.531. The molecule has 0 spiro atoms. The van der Waals surface area contributed by atoms with Gasteiger partial charge < -0.3 is 10.1 Å². The second kappa shape index (κ2) is 6.15. The molecule has 4 atom stereocenters. The molecule has 1 saturated carbocycles. The van der Waals surface area contributed by atoms with Gasteiger partial charge >= 0.3 is 0 Å². The van der Waals surface area contributed by atoms with E-state index in [2.05, 4.69) is 20.2 Å². The minimum Gasteiger partial charge on any atom is -0.376 e. The van der Waals surface area contributed by atoms with E-state index in [-0.39, 0.29) is 23.3 Å². The van der Waals surface area contributed by atoms with Crippen molar-refractivity contribution in [3.8, 4) is 0 Å². The summed E-state index contributed by atoms with van der Waals surface area (Å²) in [6.07, 6.45) is 1.58. The van der Waals surface area contributed by atoms with Gasteiger partial charge in [0.25, 0.3) is 11.5 Å². The summed E-state index contributed by atoms with van der Waals surface area (Å²) in [5.41, 5.74) is -0.276. The summed E-state index contributed by atoms with van der Waals surface area (Å²) >= 11 is 0. The molecule has 1 aromatic heterocycles. The number of H-pyrrole nitrogens is 1. The summed E-state index contributed by atoms with van der Waals surface area (Å²) in [7, 11) is -3.44. The van der Waals surface area contributed by atoms with Crippen LogP contribution in [0.3, 0.4) is 0 Å². The smallest absolute Gasteiger partial charge is 0.272 e. The number of benzene rings is 1. The van der Waals surface area contributed by atoms with Crippen molar-refractivity contribution < 1.29 is 17.9 Å². The summed E-state index contributed by atoms with van der Waals surface area (Å²) in [5.74, 6) is -0.416. The number of hydrogen-bond donors (Lipinski definition) is 3. The Bertz CT molecular complexity index is 1030. The monoisotopic (exact) mass is 378 g/mol. The van der Waals surface area contributed by atoms with Crippen molar-refractivity contribution >= 4 is 26.7 Å². The molecular formula is C16H18N4O5S. The fourth-order valence-corrected chi connectivity index (χ4v) is 4.57. The molecule has 2 aliphatic rings. The molecule has 1 amide bonds. The molecule has 2 heterocycles. The molecule has 1 aliphatic heterocycles. The fourth-order valence-electron chi connectivity index (χ4n) is 3.80. The SMILES string of the molecule is CS(=O)(=O)N[C@@H]1[C@@H](NC(=O)c2n[nH]c(=O)c3ccccc23)[C@H]2CCO[C@H]21. The first-order valence-corrected chi connectivity index (χ1v) is 10.1. The normalized spacial score (nSPS) is 27.7. The molecule has 4 rings (SSSR count). The van der Waals surface area contributed by atoms with Crippen LogP contribution in [0.25, 0.3) is 10.8 Å². The lowest BCUT2D eigenvalue weighted by atomic mass is 9.72. The second-order valence-electron chi connectivity index (χ2n) is 6.65. The van der Waals surface area contributed by atoms with Crippen molar-refractivity contribution in [2.75, 3.05) is 12.9 Å². The number of fused-ring (bicyclic) bond motifs is 2. The van der Waals surface area contributed by atoms with Crippen molar-refractivity contribution in [2.24, 2.45) is 5.92 Å².